The van der Waals surface area contributed by atoms with Gasteiger partial charge in [0.1, 0.15) is 5.75 Å². The van der Waals surface area contributed by atoms with E-state index in [0.29, 0.717) is 5.56 Å². The van der Waals surface area contributed by atoms with Gasteiger partial charge in [-0.05, 0) is 13.8 Å². The fraction of sp³-hybridized carbons (Fsp3) is 0.500. The molecule has 5 nitrogen and oxygen atoms in total. The summed E-state index contributed by atoms with van der Waals surface area (Å²) in [6.45, 7) is 3.32. The summed E-state index contributed by atoms with van der Waals surface area (Å²) in [5, 5.41) is 0. The van der Waals surface area contributed by atoms with E-state index >= 15 is 0 Å². The third kappa shape index (κ3) is 4.60. The van der Waals surface area contributed by atoms with Crippen LogP contribution in [0.15, 0.2) is 6.07 Å². The van der Waals surface area contributed by atoms with Crippen molar-refractivity contribution in [2.45, 2.75) is 26.6 Å². The maximum Gasteiger partial charge on any atom is 0.574 e. The Morgan fingerprint density at radius 2 is 2.05 bits per heavy atom. The molecule has 112 valence electrons. The number of alkyl halides is 3. The van der Waals surface area contributed by atoms with E-state index in [1.165, 1.54) is 14.0 Å². The molecule has 0 saturated heterocycles. The normalized spacial score (nSPS) is 11.1. The molecular weight excluding hydrogens is 279 g/mol. The number of carbonyl (C=O) groups excluding carboxylic acids is 1. The molecule has 0 saturated carbocycles. The minimum atomic E-state index is -4.84. The highest BCUT2D eigenvalue weighted by Crippen LogP contribution is 2.29. The van der Waals surface area contributed by atoms with Gasteiger partial charge in [-0.25, -0.2) is 4.98 Å². The van der Waals surface area contributed by atoms with Crippen molar-refractivity contribution in [1.29, 1.82) is 0 Å². The van der Waals surface area contributed by atoms with Crippen LogP contribution in [0, 0.1) is 6.92 Å². The van der Waals surface area contributed by atoms with Crippen LogP contribution >= 0.6 is 0 Å². The zero-order valence-electron chi connectivity index (χ0n) is 11.2. The zero-order chi connectivity index (χ0) is 15.3. The van der Waals surface area contributed by atoms with Gasteiger partial charge in [0.15, 0.2) is 0 Å². The number of aryl methyl sites for hydroxylation is 1. The predicted octanol–water partition coefficient (Wildman–Crippen LogP) is 2.40. The number of pyridine rings is 1. The van der Waals surface area contributed by atoms with Crippen molar-refractivity contribution in [3.63, 3.8) is 0 Å². The second-order valence-corrected chi connectivity index (χ2v) is 3.76. The standard InChI is InChI=1S/C12H14F3NO4/c1-4-19-11(17)5-8-7(2)16-10(6-9(8)18-3)20-12(13,14)15/h6H,4-5H2,1-3H3. The lowest BCUT2D eigenvalue weighted by atomic mass is 10.1. The molecule has 0 amide bonds. The minimum absolute atomic E-state index is 0.0878. The van der Waals surface area contributed by atoms with Gasteiger partial charge < -0.3 is 14.2 Å². The van der Waals surface area contributed by atoms with Crippen molar-refractivity contribution < 1.29 is 32.2 Å². The van der Waals surface area contributed by atoms with E-state index in [1.807, 2.05) is 0 Å². The predicted molar refractivity (Wildman–Crippen MR) is 62.5 cm³/mol. The van der Waals surface area contributed by atoms with Crippen LogP contribution < -0.4 is 9.47 Å². The number of nitrogens with zero attached hydrogens (tertiary/aromatic N) is 1. The summed E-state index contributed by atoms with van der Waals surface area (Å²) < 4.78 is 49.9. The fourth-order valence-electron chi connectivity index (χ4n) is 1.57. The Morgan fingerprint density at radius 3 is 2.55 bits per heavy atom. The minimum Gasteiger partial charge on any atom is -0.496 e. The van der Waals surface area contributed by atoms with Crippen molar-refractivity contribution in [3.8, 4) is 11.6 Å². The fourth-order valence-corrected chi connectivity index (χ4v) is 1.57. The van der Waals surface area contributed by atoms with E-state index in [9.17, 15) is 18.0 Å². The Bertz CT molecular complexity index is 488. The molecule has 1 aromatic rings. The van der Waals surface area contributed by atoms with Gasteiger partial charge in [0, 0.05) is 17.3 Å². The van der Waals surface area contributed by atoms with Gasteiger partial charge in [-0.2, -0.15) is 0 Å². The number of esters is 1. The van der Waals surface area contributed by atoms with E-state index in [0.717, 1.165) is 6.07 Å². The lowest BCUT2D eigenvalue weighted by Gasteiger charge is -2.14. The molecular formula is C12H14F3NO4. The van der Waals surface area contributed by atoms with Crippen molar-refractivity contribution in [3.05, 3.63) is 17.3 Å². The number of methoxy groups -OCH3 is 1. The number of rotatable bonds is 5. The molecule has 0 aliphatic carbocycles. The molecule has 1 aromatic heterocycles. The molecule has 0 bridgehead atoms. The monoisotopic (exact) mass is 293 g/mol. The quantitative estimate of drug-likeness (QED) is 0.780. The first-order valence-corrected chi connectivity index (χ1v) is 5.72. The molecule has 0 unspecified atom stereocenters. The second-order valence-electron chi connectivity index (χ2n) is 3.76. The van der Waals surface area contributed by atoms with Gasteiger partial charge >= 0.3 is 12.3 Å². The van der Waals surface area contributed by atoms with E-state index < -0.39 is 18.2 Å². The molecule has 0 spiro atoms. The average Bonchev–Trinajstić information content (AvgIpc) is 2.30. The number of carbonyl (C=O) groups is 1. The van der Waals surface area contributed by atoms with Crippen molar-refractivity contribution >= 4 is 5.97 Å². The maximum atomic E-state index is 12.1. The number of hydrogen-bond donors (Lipinski definition) is 0. The van der Waals surface area contributed by atoms with Gasteiger partial charge in [0.25, 0.3) is 0 Å². The molecule has 0 atom stereocenters. The van der Waals surface area contributed by atoms with E-state index in [1.54, 1.807) is 6.92 Å². The summed E-state index contributed by atoms with van der Waals surface area (Å²) in [7, 11) is 1.28. The van der Waals surface area contributed by atoms with E-state index in [-0.39, 0.29) is 24.5 Å². The Hall–Kier alpha value is -1.99. The van der Waals surface area contributed by atoms with Crippen LogP contribution in [0.1, 0.15) is 18.2 Å². The lowest BCUT2D eigenvalue weighted by molar-refractivity contribution is -0.276. The largest absolute Gasteiger partial charge is 0.574 e. The summed E-state index contributed by atoms with van der Waals surface area (Å²) in [6, 6.07) is 0.981. The molecule has 0 N–H and O–H groups in total. The lowest BCUT2D eigenvalue weighted by Crippen LogP contribution is -2.19. The Morgan fingerprint density at radius 1 is 1.40 bits per heavy atom. The Balaban J connectivity index is 3.05. The summed E-state index contributed by atoms with van der Waals surface area (Å²) in [5.41, 5.74) is 0.567. The van der Waals surface area contributed by atoms with Crippen LogP contribution in [0.3, 0.4) is 0 Å². The van der Waals surface area contributed by atoms with Gasteiger partial charge in [0.05, 0.1) is 20.1 Å². The average molecular weight is 293 g/mol. The first-order valence-electron chi connectivity index (χ1n) is 5.72. The number of ether oxygens (including phenoxy) is 3. The summed E-state index contributed by atoms with van der Waals surface area (Å²) in [5.74, 6) is -1.07. The van der Waals surface area contributed by atoms with Crippen LogP contribution in [0.2, 0.25) is 0 Å². The molecule has 8 heteroatoms. The molecule has 1 rings (SSSR count). The van der Waals surface area contributed by atoms with Crippen LogP contribution in [-0.4, -0.2) is 31.0 Å². The molecule has 20 heavy (non-hydrogen) atoms. The van der Waals surface area contributed by atoms with Crippen LogP contribution in [0.25, 0.3) is 0 Å². The topological polar surface area (TPSA) is 57.7 Å². The van der Waals surface area contributed by atoms with Gasteiger partial charge in [-0.3, -0.25) is 4.79 Å². The highest BCUT2D eigenvalue weighted by molar-refractivity contribution is 5.74. The van der Waals surface area contributed by atoms with Crippen LogP contribution in [-0.2, 0) is 16.0 Å². The van der Waals surface area contributed by atoms with Gasteiger partial charge in [0.2, 0.25) is 5.88 Å². The van der Waals surface area contributed by atoms with Crippen LogP contribution in [0.5, 0.6) is 11.6 Å². The summed E-state index contributed by atoms with van der Waals surface area (Å²) in [6.07, 6.45) is -4.98. The highest BCUT2D eigenvalue weighted by Gasteiger charge is 2.32. The van der Waals surface area contributed by atoms with Crippen molar-refractivity contribution in [2.24, 2.45) is 0 Å². The van der Waals surface area contributed by atoms with Crippen molar-refractivity contribution in [1.82, 2.24) is 4.98 Å². The third-order valence-electron chi connectivity index (χ3n) is 2.33. The first-order chi connectivity index (χ1) is 9.26. The van der Waals surface area contributed by atoms with Crippen LogP contribution in [0.4, 0.5) is 13.2 Å². The SMILES string of the molecule is CCOC(=O)Cc1c(OC)cc(OC(F)(F)F)nc1C. The number of hydrogen-bond acceptors (Lipinski definition) is 5. The Labute approximate surface area is 113 Å². The highest BCUT2D eigenvalue weighted by atomic mass is 19.4. The van der Waals surface area contributed by atoms with Gasteiger partial charge in [-0.15, -0.1) is 13.2 Å². The van der Waals surface area contributed by atoms with Gasteiger partial charge in [-0.1, -0.05) is 0 Å². The summed E-state index contributed by atoms with van der Waals surface area (Å²) >= 11 is 0. The first kappa shape index (κ1) is 16.1. The molecule has 0 radical (unpaired) electrons. The number of aromatic nitrogens is 1. The number of halogens is 3. The molecule has 0 aliphatic heterocycles. The molecule has 0 aliphatic rings. The molecule has 1 heterocycles. The van der Waals surface area contributed by atoms with E-state index in [4.69, 9.17) is 9.47 Å². The zero-order valence-corrected chi connectivity index (χ0v) is 11.2. The summed E-state index contributed by atoms with van der Waals surface area (Å²) in [4.78, 5) is 15.1. The second kappa shape index (κ2) is 6.44. The Kier molecular flexibility index (Phi) is 5.18. The maximum absolute atomic E-state index is 12.1. The van der Waals surface area contributed by atoms with E-state index in [2.05, 4.69) is 9.72 Å². The smallest absolute Gasteiger partial charge is 0.496 e. The third-order valence-corrected chi connectivity index (χ3v) is 2.33. The molecule has 0 aromatic carbocycles. The molecule has 0 fully saturated rings. The van der Waals surface area contributed by atoms with Crippen molar-refractivity contribution in [2.75, 3.05) is 13.7 Å².